The molecule has 0 N–H and O–H groups in total. The second-order valence-electron chi connectivity index (χ2n) is 7.33. The van der Waals surface area contributed by atoms with Crippen LogP contribution < -0.4 is 4.90 Å². The number of rotatable bonds is 3. The van der Waals surface area contributed by atoms with Crippen LogP contribution in [0.15, 0.2) is 16.7 Å². The summed E-state index contributed by atoms with van der Waals surface area (Å²) in [6.07, 6.45) is 3.82. The molecule has 1 aliphatic rings. The van der Waals surface area contributed by atoms with Gasteiger partial charge in [0.2, 0.25) is 5.91 Å². The van der Waals surface area contributed by atoms with E-state index in [1.165, 1.54) is 0 Å². The Morgan fingerprint density at radius 2 is 2.04 bits per heavy atom. The number of pyridine rings is 1. The van der Waals surface area contributed by atoms with Crippen LogP contribution in [0.3, 0.4) is 0 Å². The van der Waals surface area contributed by atoms with Crippen molar-refractivity contribution in [1.82, 2.24) is 9.88 Å². The predicted molar refractivity (Wildman–Crippen MR) is 99.0 cm³/mol. The van der Waals surface area contributed by atoms with E-state index in [0.29, 0.717) is 10.9 Å². The van der Waals surface area contributed by atoms with Crippen LogP contribution in [-0.4, -0.2) is 42.5 Å². The van der Waals surface area contributed by atoms with Crippen molar-refractivity contribution in [2.75, 3.05) is 31.6 Å². The number of nitrogens with zero attached hydrogens (tertiary/aromatic N) is 3. The molecule has 128 valence electrons. The number of halogens is 2. The number of piperidine rings is 1. The molecular weight excluding hydrogens is 378 g/mol. The Hall–Kier alpha value is -0.810. The summed E-state index contributed by atoms with van der Waals surface area (Å²) in [5.41, 5.74) is -0.312. The van der Waals surface area contributed by atoms with Gasteiger partial charge in [-0.2, -0.15) is 0 Å². The van der Waals surface area contributed by atoms with Crippen molar-refractivity contribution in [2.24, 2.45) is 11.3 Å². The van der Waals surface area contributed by atoms with Crippen LogP contribution in [0.4, 0.5) is 5.82 Å². The molecule has 0 spiro atoms. The first-order valence-electron chi connectivity index (χ1n) is 8.00. The van der Waals surface area contributed by atoms with E-state index in [4.69, 9.17) is 11.6 Å². The number of aromatic nitrogens is 1. The highest BCUT2D eigenvalue weighted by Crippen LogP contribution is 2.30. The fourth-order valence-corrected chi connectivity index (χ4v) is 3.90. The summed E-state index contributed by atoms with van der Waals surface area (Å²) >= 11 is 9.49. The van der Waals surface area contributed by atoms with E-state index in [1.807, 2.05) is 38.8 Å². The van der Waals surface area contributed by atoms with Gasteiger partial charge in [0.05, 0.1) is 9.50 Å². The van der Waals surface area contributed by atoms with Gasteiger partial charge in [0.25, 0.3) is 0 Å². The second-order valence-corrected chi connectivity index (χ2v) is 8.62. The van der Waals surface area contributed by atoms with Crippen molar-refractivity contribution >= 4 is 39.3 Å². The van der Waals surface area contributed by atoms with Crippen LogP contribution in [0.25, 0.3) is 0 Å². The van der Waals surface area contributed by atoms with Gasteiger partial charge in [0.15, 0.2) is 0 Å². The first-order chi connectivity index (χ1) is 10.7. The molecule has 4 nitrogen and oxygen atoms in total. The third-order valence-electron chi connectivity index (χ3n) is 4.22. The number of amides is 1. The van der Waals surface area contributed by atoms with E-state index >= 15 is 0 Å². The van der Waals surface area contributed by atoms with E-state index in [1.54, 1.807) is 6.20 Å². The van der Waals surface area contributed by atoms with E-state index in [0.717, 1.165) is 42.8 Å². The molecule has 0 radical (unpaired) electrons. The van der Waals surface area contributed by atoms with Crippen LogP contribution in [-0.2, 0) is 4.79 Å². The molecule has 6 heteroatoms. The van der Waals surface area contributed by atoms with Gasteiger partial charge in [-0.25, -0.2) is 4.98 Å². The highest BCUT2D eigenvalue weighted by molar-refractivity contribution is 9.10. The zero-order chi connectivity index (χ0) is 17.2. The monoisotopic (exact) mass is 401 g/mol. The molecule has 1 fully saturated rings. The first kappa shape index (κ1) is 18.5. The molecule has 0 aliphatic carbocycles. The molecule has 0 saturated carbocycles. The molecule has 1 aromatic rings. The maximum absolute atomic E-state index is 12.3. The summed E-state index contributed by atoms with van der Waals surface area (Å²) in [5.74, 6) is 1.71. The third-order valence-corrected chi connectivity index (χ3v) is 5.01. The quantitative estimate of drug-likeness (QED) is 0.759. The minimum absolute atomic E-state index is 0.210. The topological polar surface area (TPSA) is 36.4 Å². The lowest BCUT2D eigenvalue weighted by molar-refractivity contribution is -0.138. The van der Waals surface area contributed by atoms with Gasteiger partial charge in [0, 0.05) is 38.3 Å². The fraction of sp³-hybridized carbons (Fsp3) is 0.647. The second kappa shape index (κ2) is 7.39. The van der Waals surface area contributed by atoms with Crippen molar-refractivity contribution in [2.45, 2.75) is 33.6 Å². The summed E-state index contributed by atoms with van der Waals surface area (Å²) in [4.78, 5) is 20.9. The summed E-state index contributed by atoms with van der Waals surface area (Å²) in [6, 6.07) is 1.88. The average molecular weight is 403 g/mol. The lowest BCUT2D eigenvalue weighted by atomic mass is 9.92. The molecular formula is C17H25BrClN3O. The molecule has 23 heavy (non-hydrogen) atoms. The molecule has 0 atom stereocenters. The lowest BCUT2D eigenvalue weighted by Crippen LogP contribution is -2.43. The van der Waals surface area contributed by atoms with Gasteiger partial charge in [0.1, 0.15) is 5.82 Å². The molecule has 1 saturated heterocycles. The number of carbonyl (C=O) groups excluding carboxylic acids is 1. The normalized spacial score (nSPS) is 16.5. The van der Waals surface area contributed by atoms with Crippen molar-refractivity contribution in [1.29, 1.82) is 0 Å². The minimum atomic E-state index is -0.312. The molecule has 0 aromatic carbocycles. The minimum Gasteiger partial charge on any atom is -0.356 e. The Labute approximate surface area is 152 Å². The van der Waals surface area contributed by atoms with Gasteiger partial charge >= 0.3 is 0 Å². The van der Waals surface area contributed by atoms with E-state index < -0.39 is 0 Å². The van der Waals surface area contributed by atoms with Gasteiger partial charge < -0.3 is 9.80 Å². The van der Waals surface area contributed by atoms with Gasteiger partial charge in [-0.15, -0.1) is 0 Å². The number of anilines is 1. The molecule has 1 aromatic heterocycles. The van der Waals surface area contributed by atoms with Crippen LogP contribution in [0, 0.1) is 11.3 Å². The first-order valence-corrected chi connectivity index (χ1v) is 9.17. The zero-order valence-electron chi connectivity index (χ0n) is 14.3. The van der Waals surface area contributed by atoms with Crippen molar-refractivity contribution in [3.8, 4) is 0 Å². The van der Waals surface area contributed by atoms with Crippen LogP contribution in [0.1, 0.15) is 33.6 Å². The summed E-state index contributed by atoms with van der Waals surface area (Å²) < 4.78 is 0.934. The van der Waals surface area contributed by atoms with Gasteiger partial charge in [-0.3, -0.25) is 4.79 Å². The third kappa shape index (κ3) is 4.83. The molecule has 1 amide bonds. The summed E-state index contributed by atoms with van der Waals surface area (Å²) in [5, 5.41) is 0.637. The van der Waals surface area contributed by atoms with E-state index in [9.17, 15) is 4.79 Å². The van der Waals surface area contributed by atoms with Crippen molar-refractivity contribution < 1.29 is 4.79 Å². The maximum Gasteiger partial charge on any atom is 0.227 e. The van der Waals surface area contributed by atoms with E-state index in [2.05, 4.69) is 25.8 Å². The average Bonchev–Trinajstić information content (AvgIpc) is 2.46. The zero-order valence-corrected chi connectivity index (χ0v) is 16.6. The number of hydrogen-bond acceptors (Lipinski definition) is 3. The Kier molecular flexibility index (Phi) is 5.95. The molecule has 0 unspecified atom stereocenters. The predicted octanol–water partition coefficient (Wildman–Crippen LogP) is 4.22. The largest absolute Gasteiger partial charge is 0.356 e. The Morgan fingerprint density at radius 1 is 1.43 bits per heavy atom. The number of hydrogen-bond donors (Lipinski definition) is 0. The van der Waals surface area contributed by atoms with E-state index in [-0.39, 0.29) is 11.3 Å². The fourth-order valence-electron chi connectivity index (χ4n) is 3.01. The van der Waals surface area contributed by atoms with Crippen molar-refractivity contribution in [3.05, 3.63) is 21.8 Å². The van der Waals surface area contributed by atoms with Crippen LogP contribution in [0.5, 0.6) is 0 Å². The van der Waals surface area contributed by atoms with Gasteiger partial charge in [-0.05, 0) is 40.8 Å². The molecule has 1 aliphatic heterocycles. The van der Waals surface area contributed by atoms with Crippen LogP contribution in [0.2, 0.25) is 5.02 Å². The molecule has 0 bridgehead atoms. The van der Waals surface area contributed by atoms with Crippen molar-refractivity contribution in [3.63, 3.8) is 0 Å². The molecule has 2 rings (SSSR count). The lowest BCUT2D eigenvalue weighted by Gasteiger charge is -2.36. The highest BCUT2D eigenvalue weighted by atomic mass is 79.9. The highest BCUT2D eigenvalue weighted by Gasteiger charge is 2.28. The molecule has 2 heterocycles. The maximum atomic E-state index is 12.3. The van der Waals surface area contributed by atoms with Crippen LogP contribution >= 0.6 is 27.5 Å². The standard InChI is InChI=1S/C17H25BrClN3O/c1-17(2,3)16(23)21(4)11-12-5-7-22(8-6-12)15-14(18)9-13(19)10-20-15/h9-10,12H,5-8,11H2,1-4H3. The smallest absolute Gasteiger partial charge is 0.227 e. The SMILES string of the molecule is CN(CC1CCN(c2ncc(Cl)cc2Br)CC1)C(=O)C(C)(C)C. The Balaban J connectivity index is 1.90. The number of carbonyl (C=O) groups is 1. The summed E-state index contributed by atoms with van der Waals surface area (Å²) in [7, 11) is 1.91. The summed E-state index contributed by atoms with van der Waals surface area (Å²) in [6.45, 7) is 8.65. The Morgan fingerprint density at radius 3 is 2.57 bits per heavy atom. The Bertz CT molecular complexity index is 565. The van der Waals surface area contributed by atoms with Gasteiger partial charge in [-0.1, -0.05) is 32.4 Å².